The quantitative estimate of drug-likeness (QED) is 0.189. The predicted octanol–water partition coefficient (Wildman–Crippen LogP) is 4.37. The van der Waals surface area contributed by atoms with E-state index in [9.17, 15) is 4.79 Å². The summed E-state index contributed by atoms with van der Waals surface area (Å²) in [5, 5.41) is 9.00. The summed E-state index contributed by atoms with van der Waals surface area (Å²) in [7, 11) is 1.65. The summed E-state index contributed by atoms with van der Waals surface area (Å²) in [5.41, 5.74) is 7.19. The predicted molar refractivity (Wildman–Crippen MR) is 154 cm³/mol. The van der Waals surface area contributed by atoms with Gasteiger partial charge in [-0.15, -0.1) is 0 Å². The number of carbonyl (C=O) groups is 1. The van der Waals surface area contributed by atoms with Crippen molar-refractivity contribution >= 4 is 27.7 Å². The standard InChI is InChI=1S/C30H34BrN3O5/c1-37-19-5-17-32-34-29(36)30(21-22-7-3-2-4-8-22)27(23-9-13-25(31)14-10-23)39-28(33-30)24-11-15-26(16-12-24)38-20-6-18-35/h2-4,7-16,27,32,35H,5-6,17-21H2,1H3,(H,34,36)/t27-,30-/m0/s1. The average molecular weight is 597 g/mol. The number of hydrogen-bond donors (Lipinski definition) is 3. The highest BCUT2D eigenvalue weighted by Gasteiger charge is 2.53. The molecule has 0 saturated heterocycles. The zero-order chi connectivity index (χ0) is 27.5. The van der Waals surface area contributed by atoms with Gasteiger partial charge in [-0.25, -0.2) is 10.4 Å². The third-order valence-corrected chi connectivity index (χ3v) is 6.90. The second kappa shape index (κ2) is 14.2. The molecule has 3 aromatic rings. The number of methoxy groups -OCH3 is 1. The number of ether oxygens (including phenoxy) is 3. The molecule has 0 unspecified atom stereocenters. The molecule has 9 heteroatoms. The normalized spacial score (nSPS) is 18.3. The van der Waals surface area contributed by atoms with Crippen LogP contribution in [0.3, 0.4) is 0 Å². The maximum Gasteiger partial charge on any atom is 0.266 e. The molecule has 3 N–H and O–H groups in total. The van der Waals surface area contributed by atoms with E-state index in [1.165, 1.54) is 0 Å². The van der Waals surface area contributed by atoms with Crippen LogP contribution in [0.4, 0.5) is 0 Å². The van der Waals surface area contributed by atoms with E-state index in [1.807, 2.05) is 78.9 Å². The maximum absolute atomic E-state index is 14.0. The number of amides is 1. The SMILES string of the molecule is COCCCNNC(=O)[C@@]1(Cc2ccccc2)N=C(c2ccc(OCCCO)cc2)O[C@H]1c1ccc(Br)cc1. The molecule has 1 aliphatic heterocycles. The van der Waals surface area contributed by atoms with E-state index >= 15 is 0 Å². The molecule has 0 saturated carbocycles. The zero-order valence-corrected chi connectivity index (χ0v) is 23.5. The van der Waals surface area contributed by atoms with Crippen molar-refractivity contribution in [2.24, 2.45) is 4.99 Å². The van der Waals surface area contributed by atoms with Crippen molar-refractivity contribution in [3.63, 3.8) is 0 Å². The molecule has 3 aromatic carbocycles. The molecular formula is C30H34BrN3O5. The van der Waals surface area contributed by atoms with Crippen molar-refractivity contribution in [1.29, 1.82) is 0 Å². The molecule has 2 atom stereocenters. The summed E-state index contributed by atoms with van der Waals surface area (Å²) in [5.74, 6) is 0.787. The Morgan fingerprint density at radius 2 is 1.77 bits per heavy atom. The van der Waals surface area contributed by atoms with Crippen LogP contribution in [0.2, 0.25) is 0 Å². The lowest BCUT2D eigenvalue weighted by Crippen LogP contribution is -2.54. The Hall–Kier alpha value is -3.24. The van der Waals surface area contributed by atoms with E-state index in [-0.39, 0.29) is 12.5 Å². The van der Waals surface area contributed by atoms with Crippen LogP contribution in [0.1, 0.15) is 35.6 Å². The van der Waals surface area contributed by atoms with Gasteiger partial charge in [0.15, 0.2) is 11.6 Å². The summed E-state index contributed by atoms with van der Waals surface area (Å²) in [6, 6.07) is 25.0. The molecule has 0 aromatic heterocycles. The van der Waals surface area contributed by atoms with E-state index in [2.05, 4.69) is 26.8 Å². The van der Waals surface area contributed by atoms with Crippen LogP contribution in [0.5, 0.6) is 5.75 Å². The minimum atomic E-state index is -1.27. The van der Waals surface area contributed by atoms with Gasteiger partial charge in [-0.2, -0.15) is 0 Å². The lowest BCUT2D eigenvalue weighted by Gasteiger charge is -2.31. The third-order valence-electron chi connectivity index (χ3n) is 6.37. The summed E-state index contributed by atoms with van der Waals surface area (Å²) in [4.78, 5) is 19.0. The Morgan fingerprint density at radius 3 is 2.46 bits per heavy atom. The minimum absolute atomic E-state index is 0.0764. The van der Waals surface area contributed by atoms with Crippen LogP contribution in [-0.4, -0.2) is 55.9 Å². The van der Waals surface area contributed by atoms with Crippen LogP contribution >= 0.6 is 15.9 Å². The average Bonchev–Trinajstić information content (AvgIpc) is 3.34. The Labute approximate surface area is 237 Å². The lowest BCUT2D eigenvalue weighted by atomic mass is 9.82. The fourth-order valence-electron chi connectivity index (χ4n) is 4.38. The third kappa shape index (κ3) is 7.45. The Balaban J connectivity index is 1.70. The first kappa shape index (κ1) is 28.8. The highest BCUT2D eigenvalue weighted by atomic mass is 79.9. The number of aliphatic hydroxyl groups excluding tert-OH is 1. The molecular weight excluding hydrogens is 562 g/mol. The van der Waals surface area contributed by atoms with Crippen molar-refractivity contribution in [2.75, 3.05) is 33.5 Å². The maximum atomic E-state index is 14.0. The number of aliphatic hydroxyl groups is 1. The van der Waals surface area contributed by atoms with E-state index in [1.54, 1.807) is 7.11 Å². The topological polar surface area (TPSA) is 101 Å². The first-order valence-corrected chi connectivity index (χ1v) is 13.8. The zero-order valence-electron chi connectivity index (χ0n) is 21.9. The Kier molecular flexibility index (Phi) is 10.5. The van der Waals surface area contributed by atoms with Gasteiger partial charge in [-0.05, 0) is 53.9 Å². The minimum Gasteiger partial charge on any atom is -0.494 e. The summed E-state index contributed by atoms with van der Waals surface area (Å²) in [6.45, 7) is 1.65. The van der Waals surface area contributed by atoms with Gasteiger partial charge in [0.2, 0.25) is 5.90 Å². The molecule has 1 heterocycles. The second-order valence-corrected chi connectivity index (χ2v) is 10.1. The van der Waals surface area contributed by atoms with Crippen LogP contribution in [0.15, 0.2) is 88.3 Å². The number of hydrogen-bond acceptors (Lipinski definition) is 7. The highest BCUT2D eigenvalue weighted by Crippen LogP contribution is 2.42. The summed E-state index contributed by atoms with van der Waals surface area (Å²) >= 11 is 3.50. The number of aliphatic imine (C=N–C) groups is 1. The molecule has 1 amide bonds. The van der Waals surface area contributed by atoms with Crippen molar-refractivity contribution in [3.05, 3.63) is 100 Å². The molecule has 0 aliphatic carbocycles. The lowest BCUT2D eigenvalue weighted by molar-refractivity contribution is -0.130. The van der Waals surface area contributed by atoms with E-state index in [4.69, 9.17) is 24.3 Å². The van der Waals surface area contributed by atoms with E-state index in [0.717, 1.165) is 27.6 Å². The molecule has 0 spiro atoms. The monoisotopic (exact) mass is 595 g/mol. The first-order chi connectivity index (χ1) is 19.1. The van der Waals surface area contributed by atoms with Gasteiger partial charge in [-0.1, -0.05) is 58.4 Å². The number of hydrazine groups is 1. The van der Waals surface area contributed by atoms with E-state index < -0.39 is 11.6 Å². The van der Waals surface area contributed by atoms with Crippen molar-refractivity contribution < 1.29 is 24.1 Å². The molecule has 0 fully saturated rings. The smallest absolute Gasteiger partial charge is 0.266 e. The largest absolute Gasteiger partial charge is 0.494 e. The molecule has 0 bridgehead atoms. The Bertz CT molecular complexity index is 1220. The molecule has 1 aliphatic rings. The van der Waals surface area contributed by atoms with Crippen molar-refractivity contribution in [3.8, 4) is 5.75 Å². The van der Waals surface area contributed by atoms with Gasteiger partial charge in [0, 0.05) is 49.7 Å². The Morgan fingerprint density at radius 1 is 1.03 bits per heavy atom. The highest BCUT2D eigenvalue weighted by molar-refractivity contribution is 9.10. The molecule has 8 nitrogen and oxygen atoms in total. The van der Waals surface area contributed by atoms with Crippen LogP contribution in [-0.2, 0) is 20.7 Å². The second-order valence-electron chi connectivity index (χ2n) is 9.23. The van der Waals surface area contributed by atoms with Gasteiger partial charge in [0.1, 0.15) is 5.75 Å². The number of benzene rings is 3. The number of halogens is 1. The van der Waals surface area contributed by atoms with Gasteiger partial charge in [-0.3, -0.25) is 10.2 Å². The fraction of sp³-hybridized carbons (Fsp3) is 0.333. The number of carbonyl (C=O) groups excluding carboxylic acids is 1. The molecule has 39 heavy (non-hydrogen) atoms. The first-order valence-electron chi connectivity index (χ1n) is 13.0. The van der Waals surface area contributed by atoms with Crippen LogP contribution in [0, 0.1) is 0 Å². The van der Waals surface area contributed by atoms with Gasteiger partial charge in [0.05, 0.1) is 6.61 Å². The summed E-state index contributed by atoms with van der Waals surface area (Å²) in [6.07, 6.45) is 0.980. The van der Waals surface area contributed by atoms with Crippen molar-refractivity contribution in [2.45, 2.75) is 30.9 Å². The van der Waals surface area contributed by atoms with Gasteiger partial charge < -0.3 is 19.3 Å². The van der Waals surface area contributed by atoms with Crippen LogP contribution in [0.25, 0.3) is 0 Å². The summed E-state index contributed by atoms with van der Waals surface area (Å²) < 4.78 is 18.2. The van der Waals surface area contributed by atoms with Crippen LogP contribution < -0.4 is 15.6 Å². The van der Waals surface area contributed by atoms with Gasteiger partial charge in [0.25, 0.3) is 5.91 Å². The fourth-order valence-corrected chi connectivity index (χ4v) is 4.65. The van der Waals surface area contributed by atoms with E-state index in [0.29, 0.717) is 44.2 Å². The number of rotatable bonds is 14. The van der Waals surface area contributed by atoms with Gasteiger partial charge >= 0.3 is 0 Å². The number of nitrogens with one attached hydrogen (secondary N) is 2. The molecule has 0 radical (unpaired) electrons. The number of nitrogens with zero attached hydrogens (tertiary/aromatic N) is 1. The molecule has 206 valence electrons. The van der Waals surface area contributed by atoms with Crippen molar-refractivity contribution in [1.82, 2.24) is 10.9 Å². The molecule has 4 rings (SSSR count).